The molecule has 0 spiro atoms. The molecule has 238 valence electrons. The highest BCUT2D eigenvalue weighted by Gasteiger charge is 2.17. The highest BCUT2D eigenvalue weighted by atomic mass is 32.1. The summed E-state index contributed by atoms with van der Waals surface area (Å²) in [4.78, 5) is 15.0. The van der Waals surface area contributed by atoms with E-state index in [-0.39, 0.29) is 0 Å². The van der Waals surface area contributed by atoms with Crippen LogP contribution in [0, 0.1) is 0 Å². The van der Waals surface area contributed by atoms with Crippen molar-refractivity contribution in [3.8, 4) is 45.3 Å². The number of nitrogens with zero attached hydrogens (tertiary/aromatic N) is 3. The quantitative estimate of drug-likeness (QED) is 0.186. The second-order valence-corrected chi connectivity index (χ2v) is 13.8. The molecule has 11 rings (SSSR count). The molecule has 0 atom stereocenters. The van der Waals surface area contributed by atoms with E-state index in [1.165, 1.54) is 25.7 Å². The molecule has 11 aromatic rings. The van der Waals surface area contributed by atoms with Crippen LogP contribution in [0.4, 0.5) is 0 Å². The van der Waals surface area contributed by atoms with Gasteiger partial charge in [0, 0.05) is 58.4 Å². The second kappa shape index (κ2) is 10.9. The van der Waals surface area contributed by atoms with Crippen molar-refractivity contribution >= 4 is 75.4 Å². The van der Waals surface area contributed by atoms with Crippen LogP contribution in [-0.4, -0.2) is 15.0 Å². The molecule has 0 aliphatic heterocycles. The number of furan rings is 2. The van der Waals surface area contributed by atoms with E-state index in [1.54, 1.807) is 0 Å². The lowest BCUT2D eigenvalue weighted by Crippen LogP contribution is -2.00. The van der Waals surface area contributed by atoms with E-state index in [9.17, 15) is 0 Å². The molecule has 4 heterocycles. The van der Waals surface area contributed by atoms with Gasteiger partial charge in [0.2, 0.25) is 0 Å². The summed E-state index contributed by atoms with van der Waals surface area (Å²) in [5, 5.41) is 6.79. The third kappa shape index (κ3) is 4.50. The third-order valence-electron chi connectivity index (χ3n) is 9.75. The van der Waals surface area contributed by atoms with Gasteiger partial charge < -0.3 is 8.83 Å². The predicted molar refractivity (Wildman–Crippen MR) is 209 cm³/mol. The van der Waals surface area contributed by atoms with Crippen LogP contribution in [0.1, 0.15) is 0 Å². The molecule has 0 unspecified atom stereocenters. The molecule has 7 aromatic carbocycles. The van der Waals surface area contributed by atoms with Crippen molar-refractivity contribution < 1.29 is 8.83 Å². The van der Waals surface area contributed by atoms with Crippen LogP contribution in [0.15, 0.2) is 160 Å². The summed E-state index contributed by atoms with van der Waals surface area (Å²) in [5.74, 6) is 1.78. The molecular formula is C45H25N3O2S. The molecule has 0 radical (unpaired) electrons. The molecule has 0 fully saturated rings. The minimum atomic E-state index is 0.582. The summed E-state index contributed by atoms with van der Waals surface area (Å²) < 4.78 is 15.3. The molecule has 6 heteroatoms. The zero-order valence-electron chi connectivity index (χ0n) is 27.0. The number of fused-ring (bicyclic) bond motifs is 9. The van der Waals surface area contributed by atoms with Crippen molar-refractivity contribution in [1.29, 1.82) is 0 Å². The van der Waals surface area contributed by atoms with Crippen molar-refractivity contribution in [2.24, 2.45) is 0 Å². The molecule has 0 amide bonds. The van der Waals surface area contributed by atoms with Crippen LogP contribution in [0.25, 0.3) is 109 Å². The van der Waals surface area contributed by atoms with E-state index < -0.39 is 0 Å². The predicted octanol–water partition coefficient (Wildman–Crippen LogP) is 12.7. The molecule has 0 bridgehead atoms. The topological polar surface area (TPSA) is 65.0 Å². The van der Waals surface area contributed by atoms with E-state index in [2.05, 4.69) is 84.9 Å². The van der Waals surface area contributed by atoms with Gasteiger partial charge in [-0.25, -0.2) is 15.0 Å². The summed E-state index contributed by atoms with van der Waals surface area (Å²) in [6, 6.07) is 52.2. The minimum Gasteiger partial charge on any atom is -0.456 e. The first-order valence-corrected chi connectivity index (χ1v) is 17.7. The molecule has 0 N–H and O–H groups in total. The van der Waals surface area contributed by atoms with Gasteiger partial charge >= 0.3 is 0 Å². The summed E-state index contributed by atoms with van der Waals surface area (Å²) in [6.07, 6.45) is 0. The standard InChI is InChI=1S/C45H25N3O2S/c1-2-9-26(10-3-1)43-46-44(48-45(47-43)29-18-21-32-31-11-4-6-15-37(31)49-40(32)25-29)28-19-22-38-36(23-28)33-20-17-27(24-39(33)50-38)30-13-8-14-35-34-12-5-7-16-41(34)51-42(30)35/h1-25H. The van der Waals surface area contributed by atoms with Crippen LogP contribution in [0.2, 0.25) is 0 Å². The third-order valence-corrected chi connectivity index (χ3v) is 11.0. The number of benzene rings is 7. The highest BCUT2D eigenvalue weighted by Crippen LogP contribution is 2.42. The number of aromatic nitrogens is 3. The Morgan fingerprint density at radius 3 is 1.75 bits per heavy atom. The first-order chi connectivity index (χ1) is 25.2. The Bertz CT molecular complexity index is 3160. The van der Waals surface area contributed by atoms with Crippen LogP contribution < -0.4 is 0 Å². The van der Waals surface area contributed by atoms with E-state index in [4.69, 9.17) is 23.8 Å². The Hall–Kier alpha value is -6.63. The molecule has 5 nitrogen and oxygen atoms in total. The van der Waals surface area contributed by atoms with Gasteiger partial charge in [-0.15, -0.1) is 11.3 Å². The van der Waals surface area contributed by atoms with Crippen molar-refractivity contribution in [2.75, 3.05) is 0 Å². The largest absolute Gasteiger partial charge is 0.456 e. The molecule has 0 saturated heterocycles. The Labute approximate surface area is 295 Å². The fraction of sp³-hybridized carbons (Fsp3) is 0. The minimum absolute atomic E-state index is 0.582. The lowest BCUT2D eigenvalue weighted by molar-refractivity contribution is 0.668. The smallest absolute Gasteiger partial charge is 0.164 e. The molecule has 0 aliphatic rings. The first kappa shape index (κ1) is 28.2. The second-order valence-electron chi connectivity index (χ2n) is 12.8. The maximum Gasteiger partial charge on any atom is 0.164 e. The Morgan fingerprint density at radius 1 is 0.353 bits per heavy atom. The van der Waals surface area contributed by atoms with Crippen LogP contribution in [-0.2, 0) is 0 Å². The van der Waals surface area contributed by atoms with Gasteiger partial charge in [-0.05, 0) is 65.7 Å². The van der Waals surface area contributed by atoms with Crippen LogP contribution in [0.3, 0.4) is 0 Å². The number of para-hydroxylation sites is 1. The average molecular weight is 672 g/mol. The van der Waals surface area contributed by atoms with Gasteiger partial charge in [-0.2, -0.15) is 0 Å². The highest BCUT2D eigenvalue weighted by molar-refractivity contribution is 7.26. The van der Waals surface area contributed by atoms with Gasteiger partial charge in [-0.3, -0.25) is 0 Å². The summed E-state index contributed by atoms with van der Waals surface area (Å²) in [7, 11) is 0. The maximum absolute atomic E-state index is 6.47. The van der Waals surface area contributed by atoms with E-state index in [1.807, 2.05) is 78.1 Å². The van der Waals surface area contributed by atoms with Crippen molar-refractivity contribution in [2.45, 2.75) is 0 Å². The fourth-order valence-electron chi connectivity index (χ4n) is 7.27. The Kier molecular flexibility index (Phi) is 6.05. The average Bonchev–Trinajstić information content (AvgIpc) is 3.88. The van der Waals surface area contributed by atoms with Gasteiger partial charge in [-0.1, -0.05) is 97.1 Å². The lowest BCUT2D eigenvalue weighted by atomic mass is 10.0. The van der Waals surface area contributed by atoms with Crippen molar-refractivity contribution in [3.05, 3.63) is 152 Å². The van der Waals surface area contributed by atoms with Gasteiger partial charge in [0.15, 0.2) is 17.5 Å². The lowest BCUT2D eigenvalue weighted by Gasteiger charge is -2.08. The SMILES string of the molecule is c1ccc(-c2nc(-c3ccc4c(c3)oc3ccccc34)nc(-c3ccc4oc5cc(-c6cccc7c6sc6ccccc67)ccc5c4c3)n2)cc1. The molecule has 4 aromatic heterocycles. The van der Waals surface area contributed by atoms with Gasteiger partial charge in [0.05, 0.1) is 0 Å². The van der Waals surface area contributed by atoms with E-state index >= 15 is 0 Å². The van der Waals surface area contributed by atoms with Gasteiger partial charge in [0.25, 0.3) is 0 Å². The monoisotopic (exact) mass is 671 g/mol. The summed E-state index contributed by atoms with van der Waals surface area (Å²) in [5.41, 5.74) is 8.33. The maximum atomic E-state index is 6.47. The number of thiophene rings is 1. The van der Waals surface area contributed by atoms with Crippen LogP contribution in [0.5, 0.6) is 0 Å². The number of rotatable bonds is 4. The molecule has 0 aliphatic carbocycles. The zero-order valence-corrected chi connectivity index (χ0v) is 27.8. The molecule has 0 saturated carbocycles. The fourth-order valence-corrected chi connectivity index (χ4v) is 8.51. The first-order valence-electron chi connectivity index (χ1n) is 16.8. The van der Waals surface area contributed by atoms with Crippen molar-refractivity contribution in [1.82, 2.24) is 15.0 Å². The van der Waals surface area contributed by atoms with Crippen LogP contribution >= 0.6 is 11.3 Å². The number of hydrogen-bond acceptors (Lipinski definition) is 6. The molecular weight excluding hydrogens is 647 g/mol. The van der Waals surface area contributed by atoms with Crippen molar-refractivity contribution in [3.63, 3.8) is 0 Å². The van der Waals surface area contributed by atoms with E-state index in [0.29, 0.717) is 17.5 Å². The Balaban J connectivity index is 1.04. The summed E-state index contributed by atoms with van der Waals surface area (Å²) >= 11 is 1.84. The normalized spacial score (nSPS) is 11.9. The van der Waals surface area contributed by atoms with Gasteiger partial charge in [0.1, 0.15) is 22.3 Å². The van der Waals surface area contributed by atoms with E-state index in [0.717, 1.165) is 66.1 Å². The zero-order chi connectivity index (χ0) is 33.5. The summed E-state index contributed by atoms with van der Waals surface area (Å²) in [6.45, 7) is 0. The molecule has 51 heavy (non-hydrogen) atoms. The number of hydrogen-bond donors (Lipinski definition) is 0. The Morgan fingerprint density at radius 2 is 0.922 bits per heavy atom.